The maximum Gasteiger partial charge on any atom is 0.252 e. The Balaban J connectivity index is 1.48. The number of para-hydroxylation sites is 2. The highest BCUT2D eigenvalue weighted by atomic mass is 15.2. The van der Waals surface area contributed by atoms with Crippen molar-refractivity contribution >= 4 is 74.3 Å². The van der Waals surface area contributed by atoms with Crippen molar-refractivity contribution in [3.05, 3.63) is 179 Å². The van der Waals surface area contributed by atoms with Gasteiger partial charge in [-0.3, -0.25) is 0 Å². The van der Waals surface area contributed by atoms with Crippen molar-refractivity contribution in [3.63, 3.8) is 0 Å². The number of hydrogen-bond donors (Lipinski definition) is 0. The van der Waals surface area contributed by atoms with Crippen molar-refractivity contribution < 1.29 is 0 Å². The minimum absolute atomic E-state index is 0.0169. The van der Waals surface area contributed by atoms with E-state index in [0.717, 1.165) is 17.1 Å². The summed E-state index contributed by atoms with van der Waals surface area (Å²) in [6.07, 6.45) is 0. The van der Waals surface area contributed by atoms with Gasteiger partial charge in [0, 0.05) is 45.5 Å². The summed E-state index contributed by atoms with van der Waals surface area (Å²) in [7, 11) is 0. The summed E-state index contributed by atoms with van der Waals surface area (Å²) in [5, 5.41) is 0. The highest BCUT2D eigenvalue weighted by Crippen LogP contribution is 2.51. The molecule has 0 saturated carbocycles. The molecule has 0 saturated heterocycles. The van der Waals surface area contributed by atoms with Crippen LogP contribution >= 0.6 is 0 Å². The van der Waals surface area contributed by atoms with Gasteiger partial charge in [0.05, 0.1) is 5.69 Å². The van der Waals surface area contributed by atoms with Crippen LogP contribution in [-0.4, -0.2) is 6.71 Å². The van der Waals surface area contributed by atoms with Gasteiger partial charge in [-0.1, -0.05) is 210 Å². The van der Waals surface area contributed by atoms with E-state index in [-0.39, 0.29) is 39.2 Å². The Morgan fingerprint density at radius 1 is 0.329 bits per heavy atom. The fourth-order valence-corrected chi connectivity index (χ4v) is 10.8. The van der Waals surface area contributed by atoms with Gasteiger partial charge in [0.25, 0.3) is 6.71 Å². The van der Waals surface area contributed by atoms with Crippen LogP contribution in [0.5, 0.6) is 0 Å². The van der Waals surface area contributed by atoms with Crippen molar-refractivity contribution in [1.29, 1.82) is 0 Å². The van der Waals surface area contributed by atoms with E-state index in [1.165, 1.54) is 83.9 Å². The summed E-state index contributed by atoms with van der Waals surface area (Å²) in [5.41, 5.74) is 22.3. The first-order chi connectivity index (χ1) is 32.5. The lowest BCUT2D eigenvalue weighted by molar-refractivity contribution is 0.587. The molecule has 0 N–H and O–H groups in total. The number of benzene rings is 7. The molecule has 4 heteroatoms. The van der Waals surface area contributed by atoms with Gasteiger partial charge in [0.15, 0.2) is 0 Å². The average Bonchev–Trinajstić information content (AvgIpc) is 3.27. The molecule has 0 bridgehead atoms. The Labute approximate surface area is 423 Å². The second-order valence-corrected chi connectivity index (χ2v) is 26.5. The second-order valence-electron chi connectivity index (χ2n) is 26.5. The predicted molar refractivity (Wildman–Crippen MR) is 307 cm³/mol. The lowest BCUT2D eigenvalue weighted by Gasteiger charge is -2.46. The zero-order valence-corrected chi connectivity index (χ0v) is 45.8. The van der Waals surface area contributed by atoms with E-state index in [2.05, 4.69) is 285 Å². The molecule has 0 amide bonds. The third-order valence-electron chi connectivity index (χ3n) is 14.9. The standard InChI is InChI=1S/C66H78BN3/c1-61(2,3)43-27-33-47(34-28-43)68-56-37-31-45(63(7,8)9)39-52(56)67-53-40-46(64(10,11)12)32-38-57(53)69(48-35-29-44(30-36-48)62(4,5)6)59-42-49(41-58(68)60(59)67)70(54-25-21-19-23-50(54)65(13,14)15)55-26-22-20-24-51(55)66(16,17)18/h19-42H,1-18H3. The molecule has 0 atom stereocenters. The van der Waals surface area contributed by atoms with E-state index < -0.39 is 0 Å². The van der Waals surface area contributed by atoms with Crippen LogP contribution in [-0.2, 0) is 32.5 Å². The third-order valence-corrected chi connectivity index (χ3v) is 14.9. The van der Waals surface area contributed by atoms with E-state index in [0.29, 0.717) is 0 Å². The first kappa shape index (κ1) is 49.0. The normalized spacial score (nSPS) is 14.1. The molecule has 0 aliphatic carbocycles. The number of fused-ring (bicyclic) bond motifs is 4. The number of rotatable bonds is 5. The molecule has 0 spiro atoms. The van der Waals surface area contributed by atoms with Crippen molar-refractivity contribution in [3.8, 4) is 0 Å². The fraction of sp³-hybridized carbons (Fsp3) is 0.364. The SMILES string of the molecule is CC(C)(C)c1ccc(N2c3ccc(C(C)(C)C)cc3B3c4cc(C(C)(C)C)ccc4N(c4ccc(C(C)(C)C)cc4)c4cc(N(c5ccccc5C(C)(C)C)c5ccccc5C(C)(C)C)cc2c43)cc1. The molecule has 9 rings (SSSR count). The van der Waals surface area contributed by atoms with E-state index in [9.17, 15) is 0 Å². The Morgan fingerprint density at radius 2 is 0.657 bits per heavy atom. The molecule has 2 aliphatic rings. The molecule has 2 aliphatic heterocycles. The van der Waals surface area contributed by atoms with Crippen LogP contribution in [0.3, 0.4) is 0 Å². The highest BCUT2D eigenvalue weighted by molar-refractivity contribution is 7.00. The molecular weight excluding hydrogens is 846 g/mol. The molecular formula is C66H78BN3. The van der Waals surface area contributed by atoms with E-state index >= 15 is 0 Å². The topological polar surface area (TPSA) is 9.72 Å². The summed E-state index contributed by atoms with van der Waals surface area (Å²) in [6, 6.07) is 56.8. The number of anilines is 9. The Bertz CT molecular complexity index is 2890. The number of nitrogens with zero attached hydrogens (tertiary/aromatic N) is 3. The maximum atomic E-state index is 2.59. The second kappa shape index (κ2) is 16.8. The van der Waals surface area contributed by atoms with Crippen molar-refractivity contribution in [1.82, 2.24) is 0 Å². The van der Waals surface area contributed by atoms with Crippen molar-refractivity contribution in [2.24, 2.45) is 0 Å². The highest BCUT2D eigenvalue weighted by Gasteiger charge is 2.45. The van der Waals surface area contributed by atoms with E-state index in [1.54, 1.807) is 0 Å². The van der Waals surface area contributed by atoms with Gasteiger partial charge in [-0.25, -0.2) is 0 Å². The first-order valence-corrected chi connectivity index (χ1v) is 25.8. The van der Waals surface area contributed by atoms with Crippen LogP contribution in [0.4, 0.5) is 51.2 Å². The Kier molecular flexibility index (Phi) is 11.8. The maximum absolute atomic E-state index is 2.59. The van der Waals surface area contributed by atoms with Gasteiger partial charge in [0.2, 0.25) is 0 Å². The zero-order chi connectivity index (χ0) is 50.7. The lowest BCUT2D eigenvalue weighted by Crippen LogP contribution is -2.61. The summed E-state index contributed by atoms with van der Waals surface area (Å²) < 4.78 is 0. The largest absolute Gasteiger partial charge is 0.311 e. The van der Waals surface area contributed by atoms with Crippen LogP contribution in [0, 0.1) is 0 Å². The van der Waals surface area contributed by atoms with Gasteiger partial charge in [0.1, 0.15) is 0 Å². The van der Waals surface area contributed by atoms with Gasteiger partial charge in [-0.05, 0) is 143 Å². The Morgan fingerprint density at radius 3 is 0.986 bits per heavy atom. The lowest BCUT2D eigenvalue weighted by atomic mass is 9.33. The number of hydrogen-bond acceptors (Lipinski definition) is 3. The molecule has 360 valence electrons. The smallest absolute Gasteiger partial charge is 0.252 e. The molecule has 7 aromatic carbocycles. The first-order valence-electron chi connectivity index (χ1n) is 25.8. The molecule has 0 radical (unpaired) electrons. The van der Waals surface area contributed by atoms with Crippen LogP contribution in [0.15, 0.2) is 146 Å². The summed E-state index contributed by atoms with van der Waals surface area (Å²) in [6.45, 7) is 42.0. The predicted octanol–water partition coefficient (Wildman–Crippen LogP) is 17.0. The summed E-state index contributed by atoms with van der Waals surface area (Å²) >= 11 is 0. The molecule has 2 heterocycles. The van der Waals surface area contributed by atoms with Crippen LogP contribution in [0.25, 0.3) is 0 Å². The summed E-state index contributed by atoms with van der Waals surface area (Å²) in [5.74, 6) is 0. The molecule has 0 aromatic heterocycles. The van der Waals surface area contributed by atoms with Gasteiger partial charge >= 0.3 is 0 Å². The van der Waals surface area contributed by atoms with Gasteiger partial charge in [-0.2, -0.15) is 0 Å². The van der Waals surface area contributed by atoms with Gasteiger partial charge < -0.3 is 14.7 Å². The Hall–Kier alpha value is -6.00. The molecule has 0 fully saturated rings. The van der Waals surface area contributed by atoms with E-state index in [1.807, 2.05) is 0 Å². The van der Waals surface area contributed by atoms with Crippen molar-refractivity contribution in [2.75, 3.05) is 14.7 Å². The van der Waals surface area contributed by atoms with Crippen LogP contribution in [0.1, 0.15) is 158 Å². The van der Waals surface area contributed by atoms with Crippen LogP contribution < -0.4 is 31.1 Å². The average molecular weight is 924 g/mol. The third kappa shape index (κ3) is 8.79. The fourth-order valence-electron chi connectivity index (χ4n) is 10.8. The molecule has 70 heavy (non-hydrogen) atoms. The minimum Gasteiger partial charge on any atom is -0.311 e. The quantitative estimate of drug-likeness (QED) is 0.159. The van der Waals surface area contributed by atoms with Gasteiger partial charge in [-0.15, -0.1) is 0 Å². The monoisotopic (exact) mass is 924 g/mol. The van der Waals surface area contributed by atoms with Crippen molar-refractivity contribution in [2.45, 2.75) is 157 Å². The molecule has 0 unspecified atom stereocenters. The minimum atomic E-state index is -0.131. The van der Waals surface area contributed by atoms with E-state index in [4.69, 9.17) is 0 Å². The summed E-state index contributed by atoms with van der Waals surface area (Å²) in [4.78, 5) is 7.78. The molecule has 7 aromatic rings. The van der Waals surface area contributed by atoms with Crippen LogP contribution in [0.2, 0.25) is 0 Å². The zero-order valence-electron chi connectivity index (χ0n) is 45.8. The molecule has 3 nitrogen and oxygen atoms in total.